The second-order valence-electron chi connectivity index (χ2n) is 6.12. The standard InChI is InChI=1S/C19H17N5O/c20-10-15-6-7-18(21-11-15)24-19(25)16-13-23(9-8-17(16)22-24)12-14-4-2-1-3-5-14/h1-7,11,25H,8-9,12-13H2. The molecule has 124 valence electrons. The maximum atomic E-state index is 10.6. The first kappa shape index (κ1) is 15.4. The van der Waals surface area contributed by atoms with E-state index in [0.29, 0.717) is 17.9 Å². The number of nitrogens with zero attached hydrogens (tertiary/aromatic N) is 5. The van der Waals surface area contributed by atoms with Crippen LogP contribution in [0.1, 0.15) is 22.4 Å². The summed E-state index contributed by atoms with van der Waals surface area (Å²) in [4.78, 5) is 6.52. The molecule has 0 bridgehead atoms. The summed E-state index contributed by atoms with van der Waals surface area (Å²) in [5.74, 6) is 0.644. The number of nitriles is 1. The van der Waals surface area contributed by atoms with E-state index in [1.165, 1.54) is 16.4 Å². The smallest absolute Gasteiger partial charge is 0.220 e. The second kappa shape index (κ2) is 6.38. The van der Waals surface area contributed by atoms with Gasteiger partial charge in [-0.1, -0.05) is 30.3 Å². The van der Waals surface area contributed by atoms with Crippen LogP contribution in [-0.4, -0.2) is 31.3 Å². The van der Waals surface area contributed by atoms with Crippen molar-refractivity contribution in [2.75, 3.05) is 6.54 Å². The Kier molecular flexibility index (Phi) is 3.92. The summed E-state index contributed by atoms with van der Waals surface area (Å²) >= 11 is 0. The zero-order valence-electron chi connectivity index (χ0n) is 13.6. The van der Waals surface area contributed by atoms with Crippen molar-refractivity contribution < 1.29 is 5.11 Å². The first-order chi connectivity index (χ1) is 12.2. The molecule has 1 aliphatic heterocycles. The van der Waals surface area contributed by atoms with Crippen LogP contribution in [0.2, 0.25) is 0 Å². The minimum atomic E-state index is 0.130. The molecule has 1 N–H and O–H groups in total. The minimum Gasteiger partial charge on any atom is -0.493 e. The van der Waals surface area contributed by atoms with Crippen molar-refractivity contribution in [1.82, 2.24) is 19.7 Å². The van der Waals surface area contributed by atoms with E-state index in [9.17, 15) is 5.11 Å². The molecule has 3 heterocycles. The number of aromatic nitrogens is 3. The predicted octanol–water partition coefficient (Wildman–Crippen LogP) is 2.40. The maximum Gasteiger partial charge on any atom is 0.220 e. The molecule has 0 saturated heterocycles. The minimum absolute atomic E-state index is 0.130. The largest absolute Gasteiger partial charge is 0.493 e. The number of rotatable bonds is 3. The highest BCUT2D eigenvalue weighted by Crippen LogP contribution is 2.29. The quantitative estimate of drug-likeness (QED) is 0.797. The molecule has 0 atom stereocenters. The van der Waals surface area contributed by atoms with Crippen LogP contribution in [0.15, 0.2) is 48.7 Å². The summed E-state index contributed by atoms with van der Waals surface area (Å²) in [6.45, 7) is 2.41. The Morgan fingerprint density at radius 1 is 1.16 bits per heavy atom. The summed E-state index contributed by atoms with van der Waals surface area (Å²) in [6, 6.07) is 15.7. The van der Waals surface area contributed by atoms with Crippen LogP contribution in [0.25, 0.3) is 5.82 Å². The predicted molar refractivity (Wildman–Crippen MR) is 92.0 cm³/mol. The summed E-state index contributed by atoms with van der Waals surface area (Å²) in [5, 5.41) is 24.0. The Labute approximate surface area is 145 Å². The van der Waals surface area contributed by atoms with Gasteiger partial charge in [0.2, 0.25) is 5.88 Å². The van der Waals surface area contributed by atoms with Crippen molar-refractivity contribution >= 4 is 0 Å². The number of benzene rings is 1. The Morgan fingerprint density at radius 3 is 2.72 bits per heavy atom. The zero-order valence-corrected chi connectivity index (χ0v) is 13.6. The van der Waals surface area contributed by atoms with Crippen molar-refractivity contribution in [1.29, 1.82) is 5.26 Å². The third kappa shape index (κ3) is 2.97. The van der Waals surface area contributed by atoms with E-state index in [-0.39, 0.29) is 5.88 Å². The molecule has 3 aromatic rings. The number of hydrogen-bond acceptors (Lipinski definition) is 5. The Balaban J connectivity index is 1.58. The lowest BCUT2D eigenvalue weighted by atomic mass is 10.1. The van der Waals surface area contributed by atoms with Crippen molar-refractivity contribution in [3.05, 3.63) is 71.0 Å². The molecule has 2 aromatic heterocycles. The lowest BCUT2D eigenvalue weighted by Crippen LogP contribution is -2.29. The number of pyridine rings is 1. The van der Waals surface area contributed by atoms with Crippen LogP contribution in [-0.2, 0) is 19.5 Å². The molecule has 0 amide bonds. The summed E-state index contributed by atoms with van der Waals surface area (Å²) in [6.07, 6.45) is 2.27. The van der Waals surface area contributed by atoms with Crippen LogP contribution >= 0.6 is 0 Å². The third-order valence-electron chi connectivity index (χ3n) is 4.43. The molecule has 4 rings (SSSR count). The fraction of sp³-hybridized carbons (Fsp3) is 0.211. The first-order valence-corrected chi connectivity index (χ1v) is 8.17. The van der Waals surface area contributed by atoms with E-state index in [1.807, 2.05) is 24.3 Å². The van der Waals surface area contributed by atoms with Gasteiger partial charge < -0.3 is 5.11 Å². The molecule has 0 fully saturated rings. The average Bonchev–Trinajstić information content (AvgIpc) is 2.99. The Morgan fingerprint density at radius 2 is 2.00 bits per heavy atom. The highest BCUT2D eigenvalue weighted by molar-refractivity contribution is 5.40. The van der Waals surface area contributed by atoms with Crippen LogP contribution in [0, 0.1) is 11.3 Å². The van der Waals surface area contributed by atoms with Crippen LogP contribution in [0.4, 0.5) is 0 Å². The van der Waals surface area contributed by atoms with Gasteiger partial charge in [0.25, 0.3) is 0 Å². The van der Waals surface area contributed by atoms with Gasteiger partial charge in [-0.15, -0.1) is 0 Å². The third-order valence-corrected chi connectivity index (χ3v) is 4.43. The summed E-state index contributed by atoms with van der Waals surface area (Å²) in [5.41, 5.74) is 3.50. The van der Waals surface area contributed by atoms with Gasteiger partial charge >= 0.3 is 0 Å². The van der Waals surface area contributed by atoms with E-state index in [0.717, 1.165) is 30.8 Å². The Hall–Kier alpha value is -3.17. The fourth-order valence-corrected chi connectivity index (χ4v) is 3.13. The van der Waals surface area contributed by atoms with E-state index in [2.05, 4.69) is 27.1 Å². The van der Waals surface area contributed by atoms with Gasteiger partial charge in [0.05, 0.1) is 16.8 Å². The molecule has 0 unspecified atom stereocenters. The van der Waals surface area contributed by atoms with Gasteiger partial charge in [0, 0.05) is 32.3 Å². The normalized spacial score (nSPS) is 14.0. The molecule has 6 nitrogen and oxygen atoms in total. The average molecular weight is 331 g/mol. The van der Waals surface area contributed by atoms with Crippen molar-refractivity contribution in [3.8, 4) is 17.8 Å². The van der Waals surface area contributed by atoms with E-state index in [1.54, 1.807) is 12.1 Å². The van der Waals surface area contributed by atoms with Crippen LogP contribution in [0.5, 0.6) is 5.88 Å². The van der Waals surface area contributed by atoms with Gasteiger partial charge in [-0.05, 0) is 17.7 Å². The van der Waals surface area contributed by atoms with Crippen molar-refractivity contribution in [3.63, 3.8) is 0 Å². The summed E-state index contributed by atoms with van der Waals surface area (Å²) in [7, 11) is 0. The zero-order chi connectivity index (χ0) is 17.2. The monoisotopic (exact) mass is 331 g/mol. The molecule has 1 aliphatic rings. The number of aromatic hydroxyl groups is 1. The SMILES string of the molecule is N#Cc1ccc(-n2nc3c(c2O)CN(Cc2ccccc2)CC3)nc1. The molecule has 0 radical (unpaired) electrons. The number of hydrogen-bond donors (Lipinski definition) is 1. The topological polar surface area (TPSA) is 78.0 Å². The highest BCUT2D eigenvalue weighted by atomic mass is 16.3. The van der Waals surface area contributed by atoms with E-state index in [4.69, 9.17) is 5.26 Å². The van der Waals surface area contributed by atoms with Gasteiger partial charge in [-0.2, -0.15) is 15.0 Å². The van der Waals surface area contributed by atoms with Crippen molar-refractivity contribution in [2.24, 2.45) is 0 Å². The van der Waals surface area contributed by atoms with E-state index < -0.39 is 0 Å². The fourth-order valence-electron chi connectivity index (χ4n) is 3.13. The van der Waals surface area contributed by atoms with Crippen LogP contribution < -0.4 is 0 Å². The molecule has 0 saturated carbocycles. The molecular formula is C19H17N5O. The highest BCUT2D eigenvalue weighted by Gasteiger charge is 2.25. The van der Waals surface area contributed by atoms with Crippen LogP contribution in [0.3, 0.4) is 0 Å². The number of fused-ring (bicyclic) bond motifs is 1. The van der Waals surface area contributed by atoms with Gasteiger partial charge in [0.1, 0.15) is 6.07 Å². The lowest BCUT2D eigenvalue weighted by Gasteiger charge is -2.26. The first-order valence-electron chi connectivity index (χ1n) is 8.17. The molecule has 0 spiro atoms. The van der Waals surface area contributed by atoms with E-state index >= 15 is 0 Å². The van der Waals surface area contributed by atoms with Gasteiger partial charge in [-0.3, -0.25) is 4.90 Å². The Bertz CT molecular complexity index is 925. The maximum absolute atomic E-state index is 10.6. The molecular weight excluding hydrogens is 314 g/mol. The molecule has 6 heteroatoms. The van der Waals surface area contributed by atoms with Gasteiger partial charge in [-0.25, -0.2) is 4.98 Å². The molecule has 25 heavy (non-hydrogen) atoms. The second-order valence-corrected chi connectivity index (χ2v) is 6.12. The summed E-state index contributed by atoms with van der Waals surface area (Å²) < 4.78 is 1.46. The molecule has 1 aromatic carbocycles. The van der Waals surface area contributed by atoms with Crippen molar-refractivity contribution in [2.45, 2.75) is 19.5 Å². The molecule has 0 aliphatic carbocycles. The lowest BCUT2D eigenvalue weighted by molar-refractivity contribution is 0.241. The van der Waals surface area contributed by atoms with Gasteiger partial charge in [0.15, 0.2) is 5.82 Å².